The molecule has 20 heavy (non-hydrogen) atoms. The lowest BCUT2D eigenvalue weighted by Crippen LogP contribution is -2.27. The first-order valence-corrected chi connectivity index (χ1v) is 7.80. The van der Waals surface area contributed by atoms with E-state index in [1.54, 1.807) is 0 Å². The molecule has 2 saturated carbocycles. The highest BCUT2D eigenvalue weighted by molar-refractivity contribution is 5.76. The Balaban J connectivity index is 1.52. The third-order valence-corrected chi connectivity index (χ3v) is 5.45. The molecule has 3 atom stereocenters. The first-order chi connectivity index (χ1) is 9.54. The van der Waals surface area contributed by atoms with Gasteiger partial charge in [-0.2, -0.15) is 5.10 Å². The van der Waals surface area contributed by atoms with Crippen LogP contribution in [0.5, 0.6) is 0 Å². The minimum Gasteiger partial charge on any atom is -0.352 e. The molecule has 0 radical (unpaired) electrons. The fraction of sp³-hybridized carbons (Fsp3) is 0.750. The maximum Gasteiger partial charge on any atom is 0.220 e. The first kappa shape index (κ1) is 13.7. The van der Waals surface area contributed by atoms with E-state index in [2.05, 4.69) is 17.3 Å². The second kappa shape index (κ2) is 5.23. The molecular weight excluding hydrogens is 250 g/mol. The van der Waals surface area contributed by atoms with Crippen molar-refractivity contribution < 1.29 is 4.79 Å². The fourth-order valence-electron chi connectivity index (χ4n) is 4.20. The number of hydrogen-bond acceptors (Lipinski definition) is 2. The SMILES string of the molecule is Cc1nn(C)c(C)c1CNC(=O)CC1CC2CCC1C2. The summed E-state index contributed by atoms with van der Waals surface area (Å²) in [6, 6.07) is 0. The molecule has 2 bridgehead atoms. The average molecular weight is 275 g/mol. The van der Waals surface area contributed by atoms with Crippen molar-refractivity contribution in [3.63, 3.8) is 0 Å². The standard InChI is InChI=1S/C16H25N3O/c1-10-15(11(2)19(3)18-10)9-17-16(20)8-14-7-12-4-5-13(14)6-12/h12-14H,4-9H2,1-3H3,(H,17,20). The minimum absolute atomic E-state index is 0.213. The maximum absolute atomic E-state index is 12.1. The normalized spacial score (nSPS) is 28.1. The second-order valence-corrected chi connectivity index (χ2v) is 6.69. The quantitative estimate of drug-likeness (QED) is 0.917. The van der Waals surface area contributed by atoms with Crippen LogP contribution in [-0.2, 0) is 18.4 Å². The monoisotopic (exact) mass is 275 g/mol. The van der Waals surface area contributed by atoms with E-state index in [4.69, 9.17) is 0 Å². The number of carbonyl (C=O) groups excluding carboxylic acids is 1. The van der Waals surface area contributed by atoms with Crippen LogP contribution in [0.15, 0.2) is 0 Å². The molecule has 3 rings (SSSR count). The molecule has 2 aliphatic rings. The number of hydrogen-bond donors (Lipinski definition) is 1. The topological polar surface area (TPSA) is 46.9 Å². The molecular formula is C16H25N3O. The molecule has 110 valence electrons. The molecule has 1 aromatic rings. The Morgan fingerprint density at radius 2 is 2.15 bits per heavy atom. The Morgan fingerprint density at radius 3 is 2.70 bits per heavy atom. The summed E-state index contributed by atoms with van der Waals surface area (Å²) in [4.78, 5) is 12.1. The highest BCUT2D eigenvalue weighted by atomic mass is 16.1. The highest BCUT2D eigenvalue weighted by Crippen LogP contribution is 2.49. The van der Waals surface area contributed by atoms with Gasteiger partial charge in [0.15, 0.2) is 0 Å². The van der Waals surface area contributed by atoms with Crippen molar-refractivity contribution in [3.8, 4) is 0 Å². The highest BCUT2D eigenvalue weighted by Gasteiger charge is 2.40. The lowest BCUT2D eigenvalue weighted by Gasteiger charge is -2.20. The van der Waals surface area contributed by atoms with E-state index in [1.807, 2.05) is 18.7 Å². The third-order valence-electron chi connectivity index (χ3n) is 5.45. The van der Waals surface area contributed by atoms with Gasteiger partial charge < -0.3 is 5.32 Å². The van der Waals surface area contributed by atoms with Crippen LogP contribution in [0.1, 0.15) is 49.1 Å². The molecule has 0 spiro atoms. The summed E-state index contributed by atoms with van der Waals surface area (Å²) >= 11 is 0. The molecule has 0 aromatic carbocycles. The van der Waals surface area contributed by atoms with E-state index in [9.17, 15) is 4.79 Å². The molecule has 2 fully saturated rings. The van der Waals surface area contributed by atoms with E-state index in [0.717, 1.165) is 35.2 Å². The van der Waals surface area contributed by atoms with Crippen molar-refractivity contribution >= 4 is 5.91 Å². The van der Waals surface area contributed by atoms with Crippen LogP contribution in [-0.4, -0.2) is 15.7 Å². The Bertz CT molecular complexity index is 520. The Kier molecular flexibility index (Phi) is 3.57. The van der Waals surface area contributed by atoms with E-state index in [0.29, 0.717) is 12.5 Å². The number of rotatable bonds is 4. The van der Waals surface area contributed by atoms with Crippen molar-refractivity contribution in [3.05, 3.63) is 17.0 Å². The third kappa shape index (κ3) is 2.48. The van der Waals surface area contributed by atoms with Crippen molar-refractivity contribution in [1.29, 1.82) is 0 Å². The van der Waals surface area contributed by atoms with Gasteiger partial charge in [-0.25, -0.2) is 0 Å². The van der Waals surface area contributed by atoms with Crippen LogP contribution in [0.2, 0.25) is 0 Å². The first-order valence-electron chi connectivity index (χ1n) is 7.80. The summed E-state index contributed by atoms with van der Waals surface area (Å²) < 4.78 is 1.88. The lowest BCUT2D eigenvalue weighted by molar-refractivity contribution is -0.122. The predicted octanol–water partition coefficient (Wildman–Crippen LogP) is 2.48. The van der Waals surface area contributed by atoms with Crippen molar-refractivity contribution in [1.82, 2.24) is 15.1 Å². The van der Waals surface area contributed by atoms with Gasteiger partial charge in [-0.1, -0.05) is 6.42 Å². The van der Waals surface area contributed by atoms with Crippen molar-refractivity contribution in [2.45, 2.75) is 52.5 Å². The molecule has 1 aromatic heterocycles. The zero-order chi connectivity index (χ0) is 14.3. The Hall–Kier alpha value is -1.32. The summed E-state index contributed by atoms with van der Waals surface area (Å²) in [5.41, 5.74) is 3.32. The van der Waals surface area contributed by atoms with Gasteiger partial charge in [0.25, 0.3) is 0 Å². The molecule has 1 N–H and O–H groups in total. The number of fused-ring (bicyclic) bond motifs is 2. The van der Waals surface area contributed by atoms with Crippen LogP contribution in [0, 0.1) is 31.6 Å². The van der Waals surface area contributed by atoms with E-state index < -0.39 is 0 Å². The molecule has 4 heteroatoms. The van der Waals surface area contributed by atoms with Crippen LogP contribution in [0.25, 0.3) is 0 Å². The van der Waals surface area contributed by atoms with Gasteiger partial charge >= 0.3 is 0 Å². The van der Waals surface area contributed by atoms with E-state index >= 15 is 0 Å². The summed E-state index contributed by atoms with van der Waals surface area (Å²) in [6.07, 6.45) is 6.13. The van der Waals surface area contributed by atoms with Crippen LogP contribution in [0.3, 0.4) is 0 Å². The van der Waals surface area contributed by atoms with Crippen LogP contribution in [0.4, 0.5) is 0 Å². The number of nitrogens with one attached hydrogen (secondary N) is 1. The van der Waals surface area contributed by atoms with Gasteiger partial charge in [-0.05, 0) is 50.9 Å². The Labute approximate surface area is 120 Å². The minimum atomic E-state index is 0.213. The number of aromatic nitrogens is 2. The number of amides is 1. The maximum atomic E-state index is 12.1. The molecule has 4 nitrogen and oxygen atoms in total. The van der Waals surface area contributed by atoms with Gasteiger partial charge in [0.05, 0.1) is 5.69 Å². The zero-order valence-corrected chi connectivity index (χ0v) is 12.8. The lowest BCUT2D eigenvalue weighted by atomic mass is 9.86. The molecule has 0 saturated heterocycles. The Morgan fingerprint density at radius 1 is 1.35 bits per heavy atom. The van der Waals surface area contributed by atoms with E-state index in [1.165, 1.54) is 25.7 Å². The summed E-state index contributed by atoms with van der Waals surface area (Å²) in [5, 5.41) is 7.48. The molecule has 1 heterocycles. The fourth-order valence-corrected chi connectivity index (χ4v) is 4.20. The summed E-state index contributed by atoms with van der Waals surface area (Å²) in [5.74, 6) is 2.60. The number of nitrogens with zero attached hydrogens (tertiary/aromatic N) is 2. The van der Waals surface area contributed by atoms with E-state index in [-0.39, 0.29) is 5.91 Å². The molecule has 3 unspecified atom stereocenters. The van der Waals surface area contributed by atoms with Gasteiger partial charge in [-0.15, -0.1) is 0 Å². The summed E-state index contributed by atoms with van der Waals surface area (Å²) in [6.45, 7) is 4.67. The smallest absolute Gasteiger partial charge is 0.220 e. The van der Waals surface area contributed by atoms with Gasteiger partial charge in [0, 0.05) is 31.3 Å². The van der Waals surface area contributed by atoms with Crippen LogP contribution < -0.4 is 5.32 Å². The van der Waals surface area contributed by atoms with Crippen LogP contribution >= 0.6 is 0 Å². The number of carbonyl (C=O) groups is 1. The van der Waals surface area contributed by atoms with Crippen molar-refractivity contribution in [2.24, 2.45) is 24.8 Å². The molecule has 1 amide bonds. The van der Waals surface area contributed by atoms with Gasteiger partial charge in [-0.3, -0.25) is 9.48 Å². The second-order valence-electron chi connectivity index (χ2n) is 6.69. The van der Waals surface area contributed by atoms with Gasteiger partial charge in [0.1, 0.15) is 0 Å². The zero-order valence-electron chi connectivity index (χ0n) is 12.8. The largest absolute Gasteiger partial charge is 0.352 e. The molecule has 2 aliphatic carbocycles. The average Bonchev–Trinajstić information content (AvgIpc) is 3.05. The predicted molar refractivity (Wildman–Crippen MR) is 78.1 cm³/mol. The molecule has 0 aliphatic heterocycles. The summed E-state index contributed by atoms with van der Waals surface area (Å²) in [7, 11) is 1.95. The van der Waals surface area contributed by atoms with Crippen molar-refractivity contribution in [2.75, 3.05) is 0 Å². The number of aryl methyl sites for hydroxylation is 2. The van der Waals surface area contributed by atoms with Gasteiger partial charge in [0.2, 0.25) is 5.91 Å².